The number of carbonyl (C=O) groups excluding carboxylic acids is 2. The molecule has 6 nitrogen and oxygen atoms in total. The molecule has 0 aliphatic carbocycles. The topological polar surface area (TPSA) is 95.9 Å². The molecule has 0 aliphatic rings. The molecule has 3 N–H and O–H groups in total. The van der Waals surface area contributed by atoms with Gasteiger partial charge in [-0.15, -0.1) is 0 Å². The Hall–Kier alpha value is -1.66. The molecule has 0 fully saturated rings. The summed E-state index contributed by atoms with van der Waals surface area (Å²) in [4.78, 5) is 24.6. The van der Waals surface area contributed by atoms with Gasteiger partial charge in [0.15, 0.2) is 0 Å². The summed E-state index contributed by atoms with van der Waals surface area (Å²) in [7, 11) is 0. The molecule has 0 saturated heterocycles. The minimum absolute atomic E-state index is 0.0153. The van der Waals surface area contributed by atoms with Gasteiger partial charge in [0.1, 0.15) is 0 Å². The van der Waals surface area contributed by atoms with E-state index in [2.05, 4.69) is 31.3 Å². The molecule has 0 radical (unpaired) electrons. The molecule has 0 saturated carbocycles. The van der Waals surface area contributed by atoms with Crippen LogP contribution in [0.3, 0.4) is 0 Å². The van der Waals surface area contributed by atoms with Crippen LogP contribution in [0.5, 0.6) is 0 Å². The summed E-state index contributed by atoms with van der Waals surface area (Å²) in [5, 5.41) is 23.3. The third-order valence-electron chi connectivity index (χ3n) is 16.5. The monoisotopic (exact) mass is 1080 g/mol. The zero-order valence-electron chi connectivity index (χ0n) is 52.2. The van der Waals surface area contributed by atoms with E-state index in [9.17, 15) is 19.8 Å². The lowest BCUT2D eigenvalue weighted by Crippen LogP contribution is -2.45. The summed E-state index contributed by atoms with van der Waals surface area (Å²) < 4.78 is 5.48. The normalized spacial score (nSPS) is 12.6. The van der Waals surface area contributed by atoms with Crippen molar-refractivity contribution in [3.63, 3.8) is 0 Å². The highest BCUT2D eigenvalue weighted by Crippen LogP contribution is 2.19. The van der Waals surface area contributed by atoms with E-state index in [1.54, 1.807) is 6.08 Å². The number of hydrogen-bond acceptors (Lipinski definition) is 5. The number of aliphatic hydroxyl groups is 2. The van der Waals surface area contributed by atoms with Crippen LogP contribution in [0.15, 0.2) is 24.3 Å². The predicted octanol–water partition coefficient (Wildman–Crippen LogP) is 22.5. The molecule has 0 aliphatic heterocycles. The van der Waals surface area contributed by atoms with Crippen molar-refractivity contribution in [1.29, 1.82) is 0 Å². The van der Waals surface area contributed by atoms with Crippen molar-refractivity contribution in [2.45, 2.75) is 405 Å². The average Bonchev–Trinajstić information content (AvgIpc) is 3.43. The molecular weight excluding hydrogens is 947 g/mol. The van der Waals surface area contributed by atoms with E-state index in [0.29, 0.717) is 19.4 Å². The number of unbranched alkanes of at least 4 members (excludes halogenated alkanes) is 53. The van der Waals surface area contributed by atoms with E-state index in [1.165, 1.54) is 327 Å². The first-order valence-electron chi connectivity index (χ1n) is 35.1. The number of amides is 1. The quantitative estimate of drug-likeness (QED) is 0.0320. The molecule has 77 heavy (non-hydrogen) atoms. The van der Waals surface area contributed by atoms with Crippen LogP contribution in [0.4, 0.5) is 0 Å². The predicted molar refractivity (Wildman–Crippen MR) is 338 cm³/mol. The molecule has 0 aromatic rings. The molecule has 2 unspecified atom stereocenters. The number of nitrogens with one attached hydrogen (secondary N) is 1. The maximum Gasteiger partial charge on any atom is 0.305 e. The van der Waals surface area contributed by atoms with Gasteiger partial charge < -0.3 is 20.3 Å². The minimum atomic E-state index is -0.847. The summed E-state index contributed by atoms with van der Waals surface area (Å²) in [5.74, 6) is -0.0504. The van der Waals surface area contributed by atoms with Crippen LogP contribution >= 0.6 is 0 Å². The zero-order chi connectivity index (χ0) is 55.7. The summed E-state index contributed by atoms with van der Waals surface area (Å²) in [5.41, 5.74) is 0. The maximum atomic E-state index is 12.5. The first-order valence-corrected chi connectivity index (χ1v) is 35.1. The summed E-state index contributed by atoms with van der Waals surface area (Å²) in [6, 6.07) is -0.630. The highest BCUT2D eigenvalue weighted by molar-refractivity contribution is 5.76. The molecule has 0 aromatic carbocycles. The van der Waals surface area contributed by atoms with E-state index < -0.39 is 12.1 Å². The largest absolute Gasteiger partial charge is 0.466 e. The van der Waals surface area contributed by atoms with Crippen molar-refractivity contribution >= 4 is 11.9 Å². The van der Waals surface area contributed by atoms with Gasteiger partial charge in [0.05, 0.1) is 25.4 Å². The fraction of sp³-hybridized carbons (Fsp3) is 0.915. The number of hydrogen-bond donors (Lipinski definition) is 3. The maximum absolute atomic E-state index is 12.5. The summed E-state index contributed by atoms with van der Waals surface area (Å²) in [6.45, 7) is 4.94. The second kappa shape index (κ2) is 66.8. The lowest BCUT2D eigenvalue weighted by molar-refractivity contribution is -0.143. The third kappa shape index (κ3) is 63.4. The second-order valence-corrected chi connectivity index (χ2v) is 24.2. The van der Waals surface area contributed by atoms with Crippen LogP contribution in [-0.4, -0.2) is 47.4 Å². The van der Waals surface area contributed by atoms with Crippen LogP contribution in [0.2, 0.25) is 0 Å². The van der Waals surface area contributed by atoms with Crippen molar-refractivity contribution in [2.75, 3.05) is 13.2 Å². The molecule has 1 amide bonds. The zero-order valence-corrected chi connectivity index (χ0v) is 52.2. The van der Waals surface area contributed by atoms with Gasteiger partial charge >= 0.3 is 5.97 Å². The van der Waals surface area contributed by atoms with Crippen LogP contribution in [0.25, 0.3) is 0 Å². The first-order chi connectivity index (χ1) is 38.0. The third-order valence-corrected chi connectivity index (χ3v) is 16.5. The number of ether oxygens (including phenoxy) is 1. The smallest absolute Gasteiger partial charge is 0.305 e. The van der Waals surface area contributed by atoms with E-state index in [4.69, 9.17) is 4.74 Å². The van der Waals surface area contributed by atoms with E-state index >= 15 is 0 Å². The van der Waals surface area contributed by atoms with Crippen molar-refractivity contribution < 1.29 is 24.5 Å². The van der Waals surface area contributed by atoms with Crippen LogP contribution in [0.1, 0.15) is 393 Å². The van der Waals surface area contributed by atoms with Gasteiger partial charge in [0, 0.05) is 12.8 Å². The van der Waals surface area contributed by atoms with Crippen molar-refractivity contribution in [1.82, 2.24) is 5.32 Å². The molecule has 0 bridgehead atoms. The van der Waals surface area contributed by atoms with Crippen LogP contribution in [0, 0.1) is 0 Å². The molecule has 0 rings (SSSR count). The van der Waals surface area contributed by atoms with Crippen molar-refractivity contribution in [3.8, 4) is 0 Å². The van der Waals surface area contributed by atoms with E-state index in [1.807, 2.05) is 6.08 Å². The standard InChI is InChI=1S/C71H137NO5/c1-3-5-7-9-11-13-15-17-18-19-20-21-28-31-34-37-40-43-47-51-55-59-63-69(74)68(67-73)72-70(75)64-60-56-52-48-44-41-38-35-32-29-26-24-22-23-25-27-30-33-36-39-42-46-50-54-58-62-66-77-71(76)65-61-57-53-49-45-16-14-12-10-8-6-4-2/h22,24,59,63,68-69,73-74H,3-21,23,25-58,60-62,64-67H2,1-2H3,(H,72,75)/b24-22-,63-59+. The molecule has 0 heterocycles. The average molecular weight is 1080 g/mol. The van der Waals surface area contributed by atoms with Crippen LogP contribution in [-0.2, 0) is 14.3 Å². The number of aliphatic hydroxyl groups excluding tert-OH is 2. The first kappa shape index (κ1) is 75.3. The second-order valence-electron chi connectivity index (χ2n) is 24.2. The lowest BCUT2D eigenvalue weighted by atomic mass is 10.0. The fourth-order valence-electron chi connectivity index (χ4n) is 11.1. The Morgan fingerprint density at radius 1 is 0.351 bits per heavy atom. The van der Waals surface area contributed by atoms with Gasteiger partial charge in [-0.05, 0) is 57.8 Å². The van der Waals surface area contributed by atoms with Gasteiger partial charge in [-0.3, -0.25) is 9.59 Å². The Morgan fingerprint density at radius 2 is 0.610 bits per heavy atom. The van der Waals surface area contributed by atoms with Gasteiger partial charge in [-0.2, -0.15) is 0 Å². The number of esters is 1. The van der Waals surface area contributed by atoms with Gasteiger partial charge in [0.25, 0.3) is 0 Å². The fourth-order valence-corrected chi connectivity index (χ4v) is 11.1. The Bertz CT molecular complexity index is 1200. The molecular formula is C71H137NO5. The SMILES string of the molecule is CCCCCCCCCCCCCCCCCCCCCC/C=C/C(O)C(CO)NC(=O)CCCCCCCCCCCC/C=C\CCCCCCCCCCCCCCOC(=O)CCCCCCCCCCCCCC. The highest BCUT2D eigenvalue weighted by atomic mass is 16.5. The van der Waals surface area contributed by atoms with Crippen LogP contribution < -0.4 is 5.32 Å². The van der Waals surface area contributed by atoms with Gasteiger partial charge in [-0.1, -0.05) is 346 Å². The molecule has 456 valence electrons. The molecule has 6 heteroatoms. The Kier molecular flexibility index (Phi) is 65.4. The van der Waals surface area contributed by atoms with Gasteiger partial charge in [0.2, 0.25) is 5.91 Å². The molecule has 0 aromatic heterocycles. The van der Waals surface area contributed by atoms with E-state index in [-0.39, 0.29) is 18.5 Å². The molecule has 0 spiro atoms. The van der Waals surface area contributed by atoms with E-state index in [0.717, 1.165) is 38.5 Å². The minimum Gasteiger partial charge on any atom is -0.466 e. The summed E-state index contributed by atoms with van der Waals surface area (Å²) in [6.07, 6.45) is 84.0. The number of rotatable bonds is 66. The lowest BCUT2D eigenvalue weighted by Gasteiger charge is -2.20. The highest BCUT2D eigenvalue weighted by Gasteiger charge is 2.18. The van der Waals surface area contributed by atoms with Crippen molar-refractivity contribution in [2.24, 2.45) is 0 Å². The Balaban J connectivity index is 3.42. The Morgan fingerprint density at radius 3 is 0.922 bits per heavy atom. The molecule has 2 atom stereocenters. The van der Waals surface area contributed by atoms with Crippen molar-refractivity contribution in [3.05, 3.63) is 24.3 Å². The Labute approximate surface area is 481 Å². The number of allylic oxidation sites excluding steroid dienone is 3. The number of carbonyl (C=O) groups is 2. The van der Waals surface area contributed by atoms with Gasteiger partial charge in [-0.25, -0.2) is 0 Å². The summed E-state index contributed by atoms with van der Waals surface area (Å²) >= 11 is 0.